The second-order valence-corrected chi connectivity index (χ2v) is 6.98. The number of hydrogen-bond acceptors (Lipinski definition) is 3. The fraction of sp³-hybridized carbons (Fsp3) is 0.938. The lowest BCUT2D eigenvalue weighted by Crippen LogP contribution is -2.61. The summed E-state index contributed by atoms with van der Waals surface area (Å²) < 4.78 is 0. The molecule has 1 saturated heterocycles. The Morgan fingerprint density at radius 3 is 2.50 bits per heavy atom. The summed E-state index contributed by atoms with van der Waals surface area (Å²) in [6.07, 6.45) is 3.63. The number of nitrogens with zero attached hydrogens (tertiary/aromatic N) is 1. The van der Waals surface area contributed by atoms with Crippen LogP contribution in [0.25, 0.3) is 0 Å². The zero-order chi connectivity index (χ0) is 14.8. The monoisotopic (exact) mass is 281 g/mol. The van der Waals surface area contributed by atoms with Gasteiger partial charge in [0.1, 0.15) is 0 Å². The highest BCUT2D eigenvalue weighted by molar-refractivity contribution is 5.85. The third-order valence-electron chi connectivity index (χ3n) is 5.53. The fourth-order valence-corrected chi connectivity index (χ4v) is 3.74. The molecule has 0 aromatic rings. The number of carbonyl (C=O) groups excluding carboxylic acids is 1. The van der Waals surface area contributed by atoms with E-state index in [1.165, 1.54) is 12.8 Å². The van der Waals surface area contributed by atoms with E-state index in [-0.39, 0.29) is 5.91 Å². The minimum atomic E-state index is -0.397. The molecule has 0 spiro atoms. The summed E-state index contributed by atoms with van der Waals surface area (Å²) in [7, 11) is 0. The highest BCUT2D eigenvalue weighted by Crippen LogP contribution is 2.34. The standard InChI is InChI=1S/C16H31N3O/c1-5-13-6-7-14(12(13)2)18-15(20)16(3,4)19-10-8-17-9-11-19/h12-14,17H,5-11H2,1-4H3,(H,18,20). The van der Waals surface area contributed by atoms with Crippen molar-refractivity contribution in [1.29, 1.82) is 0 Å². The van der Waals surface area contributed by atoms with Crippen molar-refractivity contribution < 1.29 is 4.79 Å². The molecule has 0 aromatic carbocycles. The lowest BCUT2D eigenvalue weighted by molar-refractivity contribution is -0.133. The van der Waals surface area contributed by atoms with Crippen LogP contribution in [0, 0.1) is 11.8 Å². The number of nitrogens with one attached hydrogen (secondary N) is 2. The Morgan fingerprint density at radius 1 is 1.30 bits per heavy atom. The summed E-state index contributed by atoms with van der Waals surface area (Å²) in [5.41, 5.74) is -0.397. The maximum atomic E-state index is 12.7. The second-order valence-electron chi connectivity index (χ2n) is 6.98. The molecule has 4 nitrogen and oxygen atoms in total. The van der Waals surface area contributed by atoms with Crippen LogP contribution in [0.5, 0.6) is 0 Å². The van der Waals surface area contributed by atoms with Crippen molar-refractivity contribution in [2.75, 3.05) is 26.2 Å². The smallest absolute Gasteiger partial charge is 0.240 e. The number of carbonyl (C=O) groups is 1. The van der Waals surface area contributed by atoms with Gasteiger partial charge in [0.2, 0.25) is 5.91 Å². The van der Waals surface area contributed by atoms with Gasteiger partial charge in [0, 0.05) is 32.2 Å². The number of amides is 1. The molecule has 0 bridgehead atoms. The van der Waals surface area contributed by atoms with E-state index in [4.69, 9.17) is 0 Å². The first-order valence-corrected chi connectivity index (χ1v) is 8.23. The first-order valence-electron chi connectivity index (χ1n) is 8.23. The Morgan fingerprint density at radius 2 is 1.95 bits per heavy atom. The molecule has 2 N–H and O–H groups in total. The molecule has 3 atom stereocenters. The van der Waals surface area contributed by atoms with E-state index in [1.807, 2.05) is 0 Å². The lowest BCUT2D eigenvalue weighted by atomic mass is 9.92. The van der Waals surface area contributed by atoms with Crippen LogP contribution in [-0.4, -0.2) is 48.6 Å². The Labute approximate surface area is 123 Å². The first-order chi connectivity index (χ1) is 9.46. The molecule has 1 amide bonds. The topological polar surface area (TPSA) is 44.4 Å². The van der Waals surface area contributed by atoms with Gasteiger partial charge in [-0.2, -0.15) is 0 Å². The van der Waals surface area contributed by atoms with E-state index >= 15 is 0 Å². The molecular weight excluding hydrogens is 250 g/mol. The van der Waals surface area contributed by atoms with Gasteiger partial charge in [0.25, 0.3) is 0 Å². The number of piperazine rings is 1. The van der Waals surface area contributed by atoms with Crippen LogP contribution in [0.2, 0.25) is 0 Å². The molecule has 0 aromatic heterocycles. The van der Waals surface area contributed by atoms with Crippen LogP contribution in [0.15, 0.2) is 0 Å². The molecule has 20 heavy (non-hydrogen) atoms. The quantitative estimate of drug-likeness (QED) is 0.823. The van der Waals surface area contributed by atoms with E-state index in [0.717, 1.165) is 38.5 Å². The van der Waals surface area contributed by atoms with Gasteiger partial charge in [-0.1, -0.05) is 20.3 Å². The number of rotatable bonds is 4. The molecule has 0 radical (unpaired) electrons. The SMILES string of the molecule is CCC1CCC(NC(=O)C(C)(C)N2CCNCC2)C1C. The molecule has 2 rings (SSSR count). The summed E-state index contributed by atoms with van der Waals surface area (Å²) in [5, 5.41) is 6.68. The summed E-state index contributed by atoms with van der Waals surface area (Å²) in [4.78, 5) is 15.0. The fourth-order valence-electron chi connectivity index (χ4n) is 3.74. The van der Waals surface area contributed by atoms with Gasteiger partial charge in [0.15, 0.2) is 0 Å². The van der Waals surface area contributed by atoms with E-state index in [1.54, 1.807) is 0 Å². The van der Waals surface area contributed by atoms with E-state index in [9.17, 15) is 4.79 Å². The molecule has 1 heterocycles. The van der Waals surface area contributed by atoms with Crippen LogP contribution < -0.4 is 10.6 Å². The molecule has 2 fully saturated rings. The van der Waals surface area contributed by atoms with Gasteiger partial charge in [-0.3, -0.25) is 9.69 Å². The molecule has 116 valence electrons. The Bertz CT molecular complexity index is 337. The zero-order valence-electron chi connectivity index (χ0n) is 13.5. The maximum absolute atomic E-state index is 12.7. The zero-order valence-corrected chi connectivity index (χ0v) is 13.5. The Balaban J connectivity index is 1.93. The van der Waals surface area contributed by atoms with E-state index < -0.39 is 5.54 Å². The van der Waals surface area contributed by atoms with Gasteiger partial charge in [-0.15, -0.1) is 0 Å². The Kier molecular flexibility index (Phi) is 5.08. The van der Waals surface area contributed by atoms with Crippen LogP contribution in [0.1, 0.15) is 47.0 Å². The highest BCUT2D eigenvalue weighted by Gasteiger charge is 2.39. The van der Waals surface area contributed by atoms with Crippen molar-refractivity contribution in [3.63, 3.8) is 0 Å². The van der Waals surface area contributed by atoms with Crippen LogP contribution in [0.3, 0.4) is 0 Å². The number of hydrogen-bond donors (Lipinski definition) is 2. The highest BCUT2D eigenvalue weighted by atomic mass is 16.2. The average Bonchev–Trinajstić information content (AvgIpc) is 2.80. The van der Waals surface area contributed by atoms with Gasteiger partial charge < -0.3 is 10.6 Å². The third-order valence-corrected chi connectivity index (χ3v) is 5.53. The van der Waals surface area contributed by atoms with Gasteiger partial charge in [0.05, 0.1) is 5.54 Å². The summed E-state index contributed by atoms with van der Waals surface area (Å²) in [6, 6.07) is 0.370. The van der Waals surface area contributed by atoms with Gasteiger partial charge in [-0.25, -0.2) is 0 Å². The van der Waals surface area contributed by atoms with E-state index in [0.29, 0.717) is 12.0 Å². The van der Waals surface area contributed by atoms with Crippen LogP contribution in [-0.2, 0) is 4.79 Å². The predicted molar refractivity (Wildman–Crippen MR) is 82.6 cm³/mol. The average molecular weight is 281 g/mol. The van der Waals surface area contributed by atoms with E-state index in [2.05, 4.69) is 43.2 Å². The third kappa shape index (κ3) is 3.17. The second kappa shape index (κ2) is 6.44. The van der Waals surface area contributed by atoms with Gasteiger partial charge >= 0.3 is 0 Å². The molecule has 4 heteroatoms. The molecule has 1 aliphatic carbocycles. The van der Waals surface area contributed by atoms with Crippen molar-refractivity contribution >= 4 is 5.91 Å². The first kappa shape index (κ1) is 15.8. The molecule has 2 aliphatic rings. The van der Waals surface area contributed by atoms with Gasteiger partial charge in [-0.05, 0) is 38.5 Å². The summed E-state index contributed by atoms with van der Waals surface area (Å²) in [6.45, 7) is 12.6. The molecular formula is C16H31N3O. The Hall–Kier alpha value is -0.610. The van der Waals surface area contributed by atoms with Crippen molar-refractivity contribution in [2.45, 2.75) is 58.5 Å². The minimum Gasteiger partial charge on any atom is -0.351 e. The summed E-state index contributed by atoms with van der Waals surface area (Å²) in [5.74, 6) is 1.60. The molecule has 1 aliphatic heterocycles. The molecule has 1 saturated carbocycles. The van der Waals surface area contributed by atoms with Crippen LogP contribution in [0.4, 0.5) is 0 Å². The van der Waals surface area contributed by atoms with Crippen LogP contribution >= 0.6 is 0 Å². The largest absolute Gasteiger partial charge is 0.351 e. The minimum absolute atomic E-state index is 0.202. The maximum Gasteiger partial charge on any atom is 0.240 e. The van der Waals surface area contributed by atoms with Crippen molar-refractivity contribution in [3.8, 4) is 0 Å². The summed E-state index contributed by atoms with van der Waals surface area (Å²) >= 11 is 0. The van der Waals surface area contributed by atoms with Crippen molar-refractivity contribution in [1.82, 2.24) is 15.5 Å². The molecule has 3 unspecified atom stereocenters. The lowest BCUT2D eigenvalue weighted by Gasteiger charge is -2.40. The van der Waals surface area contributed by atoms with Crippen molar-refractivity contribution in [2.24, 2.45) is 11.8 Å². The predicted octanol–water partition coefficient (Wildman–Crippen LogP) is 1.61. The van der Waals surface area contributed by atoms with Crippen molar-refractivity contribution in [3.05, 3.63) is 0 Å². The normalized spacial score (nSPS) is 32.3.